The van der Waals surface area contributed by atoms with Crippen molar-refractivity contribution in [1.82, 2.24) is 9.80 Å². The number of non-ortho nitro benzene ring substituents is 1. The third-order valence-corrected chi connectivity index (χ3v) is 4.74. The molecule has 1 aromatic carbocycles. The Bertz CT molecular complexity index is 642. The first-order valence-corrected chi connectivity index (χ1v) is 7.98. The van der Waals surface area contributed by atoms with E-state index in [0.29, 0.717) is 18.5 Å². The van der Waals surface area contributed by atoms with Crippen LogP contribution in [0.3, 0.4) is 0 Å². The second-order valence-corrected chi connectivity index (χ2v) is 6.24. The van der Waals surface area contributed by atoms with Gasteiger partial charge in [-0.2, -0.15) is 0 Å². The van der Waals surface area contributed by atoms with Gasteiger partial charge in [0.2, 0.25) is 5.91 Å². The third-order valence-electron chi connectivity index (χ3n) is 4.74. The number of nitro groups is 1. The van der Waals surface area contributed by atoms with Crippen molar-refractivity contribution in [3.63, 3.8) is 0 Å². The van der Waals surface area contributed by atoms with Gasteiger partial charge in [0.15, 0.2) is 0 Å². The summed E-state index contributed by atoms with van der Waals surface area (Å²) in [7, 11) is 0. The molecule has 3 aliphatic heterocycles. The number of carbonyl (C=O) groups excluding carboxylic acids is 1. The number of carbonyl (C=O) groups is 1. The fraction of sp³-hybridized carbons (Fsp3) is 0.471. The summed E-state index contributed by atoms with van der Waals surface area (Å²) in [6.45, 7) is 5.57. The monoisotopic (exact) mass is 315 g/mol. The van der Waals surface area contributed by atoms with Crippen LogP contribution >= 0.6 is 0 Å². The summed E-state index contributed by atoms with van der Waals surface area (Å²) in [5.41, 5.74) is 2.22. The number of nitrogens with zero attached hydrogens (tertiary/aromatic N) is 3. The molecule has 1 aromatic rings. The SMILES string of the molecule is CCC(=O)N1CC2CC(C1)N2C(C)=Cc1ccc([N+](=O)[O-])cc1. The predicted octanol–water partition coefficient (Wildman–Crippen LogP) is 2.65. The van der Waals surface area contributed by atoms with Crippen LogP contribution in [0.25, 0.3) is 6.08 Å². The number of amides is 1. The lowest BCUT2D eigenvalue weighted by Gasteiger charge is -2.58. The zero-order chi connectivity index (χ0) is 16.6. The van der Waals surface area contributed by atoms with Crippen LogP contribution in [0.2, 0.25) is 0 Å². The molecule has 0 aliphatic carbocycles. The van der Waals surface area contributed by atoms with Crippen molar-refractivity contribution in [3.8, 4) is 0 Å². The van der Waals surface area contributed by atoms with E-state index < -0.39 is 0 Å². The summed E-state index contributed by atoms with van der Waals surface area (Å²) < 4.78 is 0. The highest BCUT2D eigenvalue weighted by molar-refractivity contribution is 5.76. The predicted molar refractivity (Wildman–Crippen MR) is 87.7 cm³/mol. The molecule has 23 heavy (non-hydrogen) atoms. The van der Waals surface area contributed by atoms with Crippen molar-refractivity contribution in [3.05, 3.63) is 45.6 Å². The van der Waals surface area contributed by atoms with Gasteiger partial charge in [0.25, 0.3) is 5.69 Å². The highest BCUT2D eigenvalue weighted by Crippen LogP contribution is 2.36. The van der Waals surface area contributed by atoms with Gasteiger partial charge in [-0.3, -0.25) is 14.9 Å². The summed E-state index contributed by atoms with van der Waals surface area (Å²) in [4.78, 5) is 26.5. The molecule has 2 atom stereocenters. The maximum atomic E-state index is 11.8. The Morgan fingerprint density at radius 3 is 2.43 bits per heavy atom. The number of piperidine rings is 1. The van der Waals surface area contributed by atoms with Gasteiger partial charge in [-0.05, 0) is 37.1 Å². The standard InChI is InChI=1S/C17H21N3O3/c1-3-17(21)18-10-15-9-16(11-18)19(15)12(2)8-13-4-6-14(7-5-13)20(22)23/h4-8,15-16H,3,9-11H2,1-2H3. The Morgan fingerprint density at radius 2 is 1.91 bits per heavy atom. The van der Waals surface area contributed by atoms with E-state index in [4.69, 9.17) is 0 Å². The van der Waals surface area contributed by atoms with E-state index in [1.807, 2.05) is 11.8 Å². The zero-order valence-electron chi connectivity index (χ0n) is 13.4. The molecule has 0 aromatic heterocycles. The fourth-order valence-corrected chi connectivity index (χ4v) is 3.62. The van der Waals surface area contributed by atoms with Gasteiger partial charge in [-0.25, -0.2) is 0 Å². The molecule has 2 bridgehead atoms. The second-order valence-electron chi connectivity index (χ2n) is 6.24. The van der Waals surface area contributed by atoms with Crippen LogP contribution in [0.15, 0.2) is 30.0 Å². The van der Waals surface area contributed by atoms with Crippen LogP contribution in [-0.4, -0.2) is 45.8 Å². The van der Waals surface area contributed by atoms with Gasteiger partial charge < -0.3 is 9.80 Å². The number of fused-ring (bicyclic) bond motifs is 2. The molecule has 3 heterocycles. The Kier molecular flexibility index (Phi) is 4.07. The number of hydrogen-bond donors (Lipinski definition) is 0. The third kappa shape index (κ3) is 2.93. The van der Waals surface area contributed by atoms with E-state index in [9.17, 15) is 14.9 Å². The molecule has 0 N–H and O–H groups in total. The molecular weight excluding hydrogens is 294 g/mol. The lowest BCUT2D eigenvalue weighted by atomic mass is 9.86. The molecule has 122 valence electrons. The molecule has 0 saturated carbocycles. The smallest absolute Gasteiger partial charge is 0.269 e. The molecule has 2 unspecified atom stereocenters. The summed E-state index contributed by atoms with van der Waals surface area (Å²) in [5, 5.41) is 10.7. The van der Waals surface area contributed by atoms with Crippen LogP contribution < -0.4 is 0 Å². The summed E-state index contributed by atoms with van der Waals surface area (Å²) in [6, 6.07) is 7.39. The minimum Gasteiger partial charge on any atom is -0.365 e. The Morgan fingerprint density at radius 1 is 1.30 bits per heavy atom. The highest BCUT2D eigenvalue weighted by Gasteiger charge is 2.45. The molecule has 4 rings (SSSR count). The van der Waals surface area contributed by atoms with E-state index >= 15 is 0 Å². The number of allylic oxidation sites excluding steroid dienone is 1. The quantitative estimate of drug-likeness (QED) is 0.633. The van der Waals surface area contributed by atoms with Crippen molar-refractivity contribution in [1.29, 1.82) is 0 Å². The van der Waals surface area contributed by atoms with Gasteiger partial charge in [0.05, 0.1) is 4.92 Å². The number of rotatable bonds is 4. The van der Waals surface area contributed by atoms with Crippen molar-refractivity contribution in [2.24, 2.45) is 0 Å². The molecule has 6 heteroatoms. The molecular formula is C17H21N3O3. The fourth-order valence-electron chi connectivity index (χ4n) is 3.62. The van der Waals surface area contributed by atoms with E-state index in [2.05, 4.69) is 17.9 Å². The van der Waals surface area contributed by atoms with Crippen molar-refractivity contribution in [2.45, 2.75) is 38.8 Å². The van der Waals surface area contributed by atoms with E-state index in [1.54, 1.807) is 12.1 Å². The first-order chi connectivity index (χ1) is 11.0. The Hall–Kier alpha value is -2.37. The first kappa shape index (κ1) is 15.5. The molecule has 3 aliphatic rings. The minimum absolute atomic E-state index is 0.106. The lowest BCUT2D eigenvalue weighted by Crippen LogP contribution is -2.68. The van der Waals surface area contributed by atoms with Crippen molar-refractivity contribution < 1.29 is 9.72 Å². The van der Waals surface area contributed by atoms with Gasteiger partial charge in [0, 0.05) is 49.4 Å². The molecule has 1 amide bonds. The van der Waals surface area contributed by atoms with Gasteiger partial charge in [0.1, 0.15) is 0 Å². The maximum Gasteiger partial charge on any atom is 0.269 e. The molecule has 0 radical (unpaired) electrons. The second kappa shape index (κ2) is 6.02. The number of benzene rings is 1. The maximum absolute atomic E-state index is 11.8. The molecule has 3 fully saturated rings. The average Bonchev–Trinajstić information content (AvgIpc) is 2.54. The van der Waals surface area contributed by atoms with Crippen molar-refractivity contribution in [2.75, 3.05) is 13.1 Å². The van der Waals surface area contributed by atoms with Crippen LogP contribution in [-0.2, 0) is 4.79 Å². The lowest BCUT2D eigenvalue weighted by molar-refractivity contribution is -0.384. The van der Waals surface area contributed by atoms with Gasteiger partial charge >= 0.3 is 0 Å². The summed E-state index contributed by atoms with van der Waals surface area (Å²) in [6.07, 6.45) is 3.76. The molecule has 6 nitrogen and oxygen atoms in total. The summed E-state index contributed by atoms with van der Waals surface area (Å²) in [5.74, 6) is 0.233. The Labute approximate surface area is 135 Å². The van der Waals surface area contributed by atoms with Crippen LogP contribution in [0.1, 0.15) is 32.3 Å². The van der Waals surface area contributed by atoms with E-state index in [1.165, 1.54) is 12.1 Å². The van der Waals surface area contributed by atoms with Crippen LogP contribution in [0, 0.1) is 10.1 Å². The van der Waals surface area contributed by atoms with Crippen LogP contribution in [0.5, 0.6) is 0 Å². The molecule has 3 saturated heterocycles. The first-order valence-electron chi connectivity index (χ1n) is 7.98. The van der Waals surface area contributed by atoms with E-state index in [-0.39, 0.29) is 16.5 Å². The topological polar surface area (TPSA) is 66.7 Å². The van der Waals surface area contributed by atoms with Crippen molar-refractivity contribution >= 4 is 17.7 Å². The number of piperazine rings is 1. The largest absolute Gasteiger partial charge is 0.365 e. The average molecular weight is 315 g/mol. The van der Waals surface area contributed by atoms with E-state index in [0.717, 1.165) is 30.8 Å². The molecule has 0 spiro atoms. The Balaban J connectivity index is 1.69. The van der Waals surface area contributed by atoms with Crippen LogP contribution in [0.4, 0.5) is 5.69 Å². The minimum atomic E-state index is -0.389. The summed E-state index contributed by atoms with van der Waals surface area (Å²) >= 11 is 0. The highest BCUT2D eigenvalue weighted by atomic mass is 16.6. The number of nitro benzene ring substituents is 1. The van der Waals surface area contributed by atoms with Gasteiger partial charge in [-0.1, -0.05) is 6.92 Å². The normalized spacial score (nSPS) is 23.5. The zero-order valence-corrected chi connectivity index (χ0v) is 13.4. The van der Waals surface area contributed by atoms with Gasteiger partial charge in [-0.15, -0.1) is 0 Å². The number of hydrogen-bond acceptors (Lipinski definition) is 4.